The molecule has 0 aromatic heterocycles. The van der Waals surface area contributed by atoms with Crippen molar-refractivity contribution in [3.63, 3.8) is 0 Å². The molecule has 0 fully saturated rings. The van der Waals surface area contributed by atoms with Gasteiger partial charge in [0.05, 0.1) is 5.60 Å². The molecule has 0 bridgehead atoms. The third-order valence-electron chi connectivity index (χ3n) is 3.21. The van der Waals surface area contributed by atoms with Crippen molar-refractivity contribution in [1.29, 1.82) is 0 Å². The summed E-state index contributed by atoms with van der Waals surface area (Å²) in [6.07, 6.45) is 5.99. The first-order chi connectivity index (χ1) is 8.03. The maximum Gasteiger partial charge on any atom is 0.115 e. The van der Waals surface area contributed by atoms with Crippen LogP contribution in [0.1, 0.15) is 51.5 Å². The van der Waals surface area contributed by atoms with Gasteiger partial charge in [0.15, 0.2) is 0 Å². The first-order valence-corrected chi connectivity index (χ1v) is 6.54. The van der Waals surface area contributed by atoms with Crippen molar-refractivity contribution in [3.05, 3.63) is 29.8 Å². The highest BCUT2D eigenvalue weighted by molar-refractivity contribution is 5.26. The Hall–Kier alpha value is -1.02. The van der Waals surface area contributed by atoms with E-state index in [1.54, 1.807) is 12.1 Å². The third kappa shape index (κ3) is 5.73. The number of phenolic OH excluding ortho intramolecular Hbond substituents is 1. The predicted molar refractivity (Wildman–Crippen MR) is 71.2 cm³/mol. The Bertz CT molecular complexity index is 314. The molecule has 0 amide bonds. The normalized spacial score (nSPS) is 14.5. The number of aryl methyl sites for hydroxylation is 1. The number of rotatable bonds is 7. The lowest BCUT2D eigenvalue weighted by Crippen LogP contribution is -2.24. The van der Waals surface area contributed by atoms with Gasteiger partial charge in [-0.1, -0.05) is 38.3 Å². The van der Waals surface area contributed by atoms with Gasteiger partial charge < -0.3 is 10.2 Å². The highest BCUT2D eigenvalue weighted by atomic mass is 16.3. The van der Waals surface area contributed by atoms with E-state index in [1.807, 2.05) is 19.1 Å². The van der Waals surface area contributed by atoms with Crippen LogP contribution in [0, 0.1) is 0 Å². The number of phenols is 1. The van der Waals surface area contributed by atoms with Crippen LogP contribution in [0.15, 0.2) is 24.3 Å². The van der Waals surface area contributed by atoms with Crippen molar-refractivity contribution in [3.8, 4) is 5.75 Å². The minimum atomic E-state index is -0.562. The molecule has 2 nitrogen and oxygen atoms in total. The average Bonchev–Trinajstić information content (AvgIpc) is 2.29. The summed E-state index contributed by atoms with van der Waals surface area (Å²) in [4.78, 5) is 0. The maximum atomic E-state index is 10.2. The van der Waals surface area contributed by atoms with Crippen LogP contribution in [0.5, 0.6) is 5.75 Å². The largest absolute Gasteiger partial charge is 0.508 e. The van der Waals surface area contributed by atoms with Gasteiger partial charge in [-0.15, -0.1) is 0 Å². The third-order valence-corrected chi connectivity index (χ3v) is 3.21. The Balaban J connectivity index is 2.35. The summed E-state index contributed by atoms with van der Waals surface area (Å²) in [6, 6.07) is 7.22. The summed E-state index contributed by atoms with van der Waals surface area (Å²) >= 11 is 0. The molecule has 17 heavy (non-hydrogen) atoms. The molecule has 2 heteroatoms. The second-order valence-electron chi connectivity index (χ2n) is 5.12. The van der Waals surface area contributed by atoms with Gasteiger partial charge >= 0.3 is 0 Å². The van der Waals surface area contributed by atoms with Gasteiger partial charge in [0.1, 0.15) is 5.75 Å². The zero-order chi connectivity index (χ0) is 12.7. The molecule has 1 atom stereocenters. The Labute approximate surface area is 104 Å². The molecule has 0 saturated heterocycles. The van der Waals surface area contributed by atoms with Crippen LogP contribution in [-0.4, -0.2) is 15.8 Å². The van der Waals surface area contributed by atoms with Crippen LogP contribution in [0.25, 0.3) is 0 Å². The summed E-state index contributed by atoms with van der Waals surface area (Å²) in [5, 5.41) is 19.4. The Morgan fingerprint density at radius 2 is 1.71 bits per heavy atom. The van der Waals surface area contributed by atoms with Gasteiger partial charge in [0, 0.05) is 0 Å². The Kier molecular flexibility index (Phi) is 5.49. The van der Waals surface area contributed by atoms with Crippen LogP contribution in [0.2, 0.25) is 0 Å². The van der Waals surface area contributed by atoms with Crippen molar-refractivity contribution in [2.24, 2.45) is 0 Å². The van der Waals surface area contributed by atoms with E-state index >= 15 is 0 Å². The molecule has 2 N–H and O–H groups in total. The second-order valence-corrected chi connectivity index (χ2v) is 5.12. The van der Waals surface area contributed by atoms with Crippen LogP contribution in [0.4, 0.5) is 0 Å². The van der Waals surface area contributed by atoms with E-state index in [0.29, 0.717) is 5.75 Å². The lowest BCUT2D eigenvalue weighted by molar-refractivity contribution is 0.0397. The van der Waals surface area contributed by atoms with Crippen molar-refractivity contribution in [1.82, 2.24) is 0 Å². The number of aliphatic hydroxyl groups is 1. The first-order valence-electron chi connectivity index (χ1n) is 6.54. The van der Waals surface area contributed by atoms with Crippen LogP contribution in [0.3, 0.4) is 0 Å². The molecule has 0 heterocycles. The number of hydrogen-bond donors (Lipinski definition) is 2. The van der Waals surface area contributed by atoms with E-state index in [0.717, 1.165) is 25.7 Å². The molecule has 0 aliphatic rings. The van der Waals surface area contributed by atoms with E-state index in [4.69, 9.17) is 0 Å². The van der Waals surface area contributed by atoms with Crippen LogP contribution in [-0.2, 0) is 6.42 Å². The first kappa shape index (κ1) is 14.0. The van der Waals surface area contributed by atoms with Crippen molar-refractivity contribution < 1.29 is 10.2 Å². The molecule has 0 aliphatic carbocycles. The standard InChI is InChI=1S/C15H24O2/c1-3-4-5-11-15(2,17)12-10-13-6-8-14(16)9-7-13/h6-9,16-17H,3-5,10-12H2,1-2H3. The zero-order valence-electron chi connectivity index (χ0n) is 10.9. The fourth-order valence-corrected chi connectivity index (χ4v) is 1.96. The van der Waals surface area contributed by atoms with E-state index in [1.165, 1.54) is 18.4 Å². The van der Waals surface area contributed by atoms with E-state index in [2.05, 4.69) is 6.92 Å². The van der Waals surface area contributed by atoms with E-state index < -0.39 is 5.60 Å². The summed E-state index contributed by atoms with van der Waals surface area (Å²) < 4.78 is 0. The fraction of sp³-hybridized carbons (Fsp3) is 0.600. The van der Waals surface area contributed by atoms with Gasteiger partial charge in [-0.25, -0.2) is 0 Å². The summed E-state index contributed by atoms with van der Waals surface area (Å²) in [5.41, 5.74) is 0.603. The Morgan fingerprint density at radius 3 is 2.29 bits per heavy atom. The molecule has 0 aliphatic heterocycles. The molecule has 0 spiro atoms. The topological polar surface area (TPSA) is 40.5 Å². The highest BCUT2D eigenvalue weighted by Crippen LogP contribution is 2.21. The summed E-state index contributed by atoms with van der Waals surface area (Å²) in [5.74, 6) is 0.295. The minimum Gasteiger partial charge on any atom is -0.508 e. The monoisotopic (exact) mass is 236 g/mol. The molecule has 1 aromatic rings. The van der Waals surface area contributed by atoms with Crippen molar-refractivity contribution in [2.45, 2.75) is 58.0 Å². The number of benzene rings is 1. The molecular formula is C15H24O2. The number of aromatic hydroxyl groups is 1. The molecule has 1 rings (SSSR count). The van der Waals surface area contributed by atoms with Gasteiger partial charge in [0.2, 0.25) is 0 Å². The fourth-order valence-electron chi connectivity index (χ4n) is 1.96. The van der Waals surface area contributed by atoms with Crippen molar-refractivity contribution in [2.75, 3.05) is 0 Å². The number of hydrogen-bond acceptors (Lipinski definition) is 2. The molecule has 96 valence electrons. The molecule has 1 unspecified atom stereocenters. The smallest absolute Gasteiger partial charge is 0.115 e. The Morgan fingerprint density at radius 1 is 1.06 bits per heavy atom. The minimum absolute atomic E-state index is 0.295. The second kappa shape index (κ2) is 6.65. The highest BCUT2D eigenvalue weighted by Gasteiger charge is 2.19. The quantitative estimate of drug-likeness (QED) is 0.709. The SMILES string of the molecule is CCCCCC(C)(O)CCc1ccc(O)cc1. The molecule has 1 aromatic carbocycles. The van der Waals surface area contributed by atoms with Crippen molar-refractivity contribution >= 4 is 0 Å². The average molecular weight is 236 g/mol. The summed E-state index contributed by atoms with van der Waals surface area (Å²) in [6.45, 7) is 4.09. The predicted octanol–water partition coefficient (Wildman–Crippen LogP) is 3.66. The van der Waals surface area contributed by atoms with Crippen LogP contribution >= 0.6 is 0 Å². The maximum absolute atomic E-state index is 10.2. The molecule has 0 radical (unpaired) electrons. The van der Waals surface area contributed by atoms with Gasteiger partial charge in [-0.3, -0.25) is 0 Å². The lowest BCUT2D eigenvalue weighted by atomic mass is 9.91. The zero-order valence-corrected chi connectivity index (χ0v) is 10.9. The van der Waals surface area contributed by atoms with Gasteiger partial charge in [-0.2, -0.15) is 0 Å². The van der Waals surface area contributed by atoms with E-state index in [9.17, 15) is 10.2 Å². The van der Waals surface area contributed by atoms with E-state index in [-0.39, 0.29) is 0 Å². The van der Waals surface area contributed by atoms with Gasteiger partial charge in [0.25, 0.3) is 0 Å². The van der Waals surface area contributed by atoms with Gasteiger partial charge in [-0.05, 0) is 43.9 Å². The lowest BCUT2D eigenvalue weighted by Gasteiger charge is -2.23. The molecule has 0 saturated carbocycles. The van der Waals surface area contributed by atoms with Crippen LogP contribution < -0.4 is 0 Å². The molecular weight excluding hydrogens is 212 g/mol. The number of unbranched alkanes of at least 4 members (excludes halogenated alkanes) is 2. The summed E-state index contributed by atoms with van der Waals surface area (Å²) in [7, 11) is 0.